The smallest absolute Gasteiger partial charge is 0.352 e. The Labute approximate surface area is 225 Å². The van der Waals surface area contributed by atoms with Crippen LogP contribution in [0.1, 0.15) is 32.8 Å². The third-order valence-electron chi connectivity index (χ3n) is 9.19. The molecule has 0 N–H and O–H groups in total. The topological polar surface area (TPSA) is 113 Å². The zero-order chi connectivity index (χ0) is 28.1. The minimum absolute atomic E-state index is 0.0125. The van der Waals surface area contributed by atoms with Gasteiger partial charge >= 0.3 is 17.3 Å². The Morgan fingerprint density at radius 3 is 2.08 bits per heavy atom. The highest BCUT2D eigenvalue weighted by molar-refractivity contribution is 7.89. The van der Waals surface area contributed by atoms with Gasteiger partial charge in [-0.25, -0.2) is 31.9 Å². The van der Waals surface area contributed by atoms with Crippen molar-refractivity contribution in [2.45, 2.75) is 50.1 Å². The maximum Gasteiger partial charge on any atom is 0.352 e. The molecular formula is C28H30N4O6S. The molecule has 0 unspecified atom stereocenters. The average Bonchev–Trinajstić information content (AvgIpc) is 3.49. The number of aryl methyl sites for hydroxylation is 1. The number of benzene rings is 2. The lowest BCUT2D eigenvalue weighted by Gasteiger charge is -2.59. The van der Waals surface area contributed by atoms with Crippen molar-refractivity contribution < 1.29 is 17.9 Å². The van der Waals surface area contributed by atoms with E-state index >= 15 is 0 Å². The van der Waals surface area contributed by atoms with Crippen LogP contribution in [0.5, 0.6) is 0 Å². The van der Waals surface area contributed by atoms with Crippen molar-refractivity contribution in [1.29, 1.82) is 0 Å². The van der Waals surface area contributed by atoms with E-state index in [1.807, 2.05) is 6.92 Å². The number of fused-ring (bicyclic) bond motifs is 1. The average molecular weight is 551 g/mol. The van der Waals surface area contributed by atoms with Crippen LogP contribution in [0, 0.1) is 12.3 Å². The fourth-order valence-corrected chi connectivity index (χ4v) is 8.37. The molecule has 2 aromatic carbocycles. The molecule has 0 amide bonds. The van der Waals surface area contributed by atoms with E-state index in [2.05, 4.69) is 0 Å². The van der Waals surface area contributed by atoms with E-state index in [9.17, 15) is 22.8 Å². The molecule has 1 aliphatic carbocycles. The Morgan fingerprint density at radius 2 is 1.46 bits per heavy atom. The van der Waals surface area contributed by atoms with Gasteiger partial charge in [-0.1, -0.05) is 35.9 Å². The molecule has 10 nitrogen and oxygen atoms in total. The monoisotopic (exact) mass is 550 g/mol. The van der Waals surface area contributed by atoms with Gasteiger partial charge in [0.1, 0.15) is 5.54 Å². The molecule has 0 radical (unpaired) electrons. The van der Waals surface area contributed by atoms with E-state index in [-0.39, 0.29) is 24.4 Å². The van der Waals surface area contributed by atoms with Crippen molar-refractivity contribution >= 4 is 16.0 Å². The summed E-state index contributed by atoms with van der Waals surface area (Å²) in [6.45, 7) is 7.20. The number of esters is 1. The lowest BCUT2D eigenvalue weighted by Crippen LogP contribution is -2.70. The van der Waals surface area contributed by atoms with Gasteiger partial charge in [0, 0.05) is 13.1 Å². The molecule has 39 heavy (non-hydrogen) atoms. The van der Waals surface area contributed by atoms with Gasteiger partial charge in [0.2, 0.25) is 10.0 Å². The van der Waals surface area contributed by atoms with Gasteiger partial charge < -0.3 is 4.74 Å². The molecule has 3 aliphatic heterocycles. The maximum atomic E-state index is 14.1. The van der Waals surface area contributed by atoms with E-state index in [1.165, 1.54) is 20.8 Å². The Morgan fingerprint density at radius 1 is 0.872 bits per heavy atom. The second kappa shape index (κ2) is 7.92. The number of hydrogen-bond donors (Lipinski definition) is 0. The SMILES string of the molecule is COC(=O)[C@@]1(C)C[C@@]2(C)C3=C(CN(S(=O)(=O)c4ccc(C)cc4)C3)[C@]1(C)n1c(=O)n(-c3ccccc3)c(=O)n12. The Balaban J connectivity index is 1.59. The van der Waals surface area contributed by atoms with Gasteiger partial charge in [-0.3, -0.25) is 4.79 Å². The van der Waals surface area contributed by atoms with Crippen molar-refractivity contribution in [1.82, 2.24) is 18.2 Å². The highest BCUT2D eigenvalue weighted by Gasteiger charge is 2.70. The van der Waals surface area contributed by atoms with Gasteiger partial charge in [-0.05, 0) is 69.5 Å². The lowest BCUT2D eigenvalue weighted by atomic mass is 9.54. The number of rotatable bonds is 4. The van der Waals surface area contributed by atoms with Crippen LogP contribution in [0.25, 0.3) is 5.69 Å². The molecule has 1 aromatic heterocycles. The fraction of sp³-hybridized carbons (Fsp3) is 0.393. The van der Waals surface area contributed by atoms with Crippen molar-refractivity contribution in [3.8, 4) is 5.69 Å². The number of para-hydroxylation sites is 1. The van der Waals surface area contributed by atoms with E-state index < -0.39 is 43.9 Å². The standard InChI is InChI=1S/C28H30N4O6S/c1-18-11-13-20(14-12-18)39(36,37)29-15-21-22(16-29)28(4)26(2,23(33)38-5)17-27(21,3)31-24(34)30(25(35)32(28)31)19-9-7-6-8-10-19/h6-14H,15-17H2,1-5H3/t26-,27+,28+/m1/s1. The van der Waals surface area contributed by atoms with Crippen LogP contribution in [-0.4, -0.2) is 52.8 Å². The predicted octanol–water partition coefficient (Wildman–Crippen LogP) is 2.14. The summed E-state index contributed by atoms with van der Waals surface area (Å²) >= 11 is 0. The molecule has 2 bridgehead atoms. The first-order valence-corrected chi connectivity index (χ1v) is 14.2. The molecule has 4 aliphatic rings. The van der Waals surface area contributed by atoms with Crippen molar-refractivity contribution in [2.75, 3.05) is 20.2 Å². The molecule has 3 atom stereocenters. The molecule has 0 saturated carbocycles. The first-order valence-electron chi connectivity index (χ1n) is 12.7. The minimum Gasteiger partial charge on any atom is -0.469 e. The summed E-state index contributed by atoms with van der Waals surface area (Å²) < 4.78 is 38.0. The van der Waals surface area contributed by atoms with Gasteiger partial charge in [0.05, 0.1) is 28.6 Å². The summed E-state index contributed by atoms with van der Waals surface area (Å²) in [5, 5.41) is 0. The zero-order valence-corrected chi connectivity index (χ0v) is 23.3. The van der Waals surface area contributed by atoms with Gasteiger partial charge in [-0.2, -0.15) is 4.31 Å². The molecular weight excluding hydrogens is 520 g/mol. The van der Waals surface area contributed by atoms with Gasteiger partial charge in [0.25, 0.3) is 0 Å². The predicted molar refractivity (Wildman–Crippen MR) is 143 cm³/mol. The van der Waals surface area contributed by atoms with E-state index in [1.54, 1.807) is 75.4 Å². The van der Waals surface area contributed by atoms with Crippen molar-refractivity contribution in [3.63, 3.8) is 0 Å². The van der Waals surface area contributed by atoms with E-state index in [0.717, 1.165) is 15.7 Å². The summed E-state index contributed by atoms with van der Waals surface area (Å²) in [6.07, 6.45) is 0.165. The van der Waals surface area contributed by atoms with Crippen LogP contribution >= 0.6 is 0 Å². The summed E-state index contributed by atoms with van der Waals surface area (Å²) in [4.78, 5) is 41.7. The van der Waals surface area contributed by atoms with Crippen LogP contribution in [0.3, 0.4) is 0 Å². The molecule has 3 aromatic rings. The molecule has 0 saturated heterocycles. The van der Waals surface area contributed by atoms with Crippen LogP contribution in [0.4, 0.5) is 0 Å². The van der Waals surface area contributed by atoms with Crippen LogP contribution in [-0.2, 0) is 30.6 Å². The summed E-state index contributed by atoms with van der Waals surface area (Å²) in [5.74, 6) is -0.527. The first kappa shape index (κ1) is 25.6. The van der Waals surface area contributed by atoms with Crippen molar-refractivity contribution in [3.05, 3.63) is 92.3 Å². The Kier molecular flexibility index (Phi) is 5.19. The molecule has 0 spiro atoms. The molecule has 4 heterocycles. The Bertz CT molecular complexity index is 1800. The van der Waals surface area contributed by atoms with Gasteiger partial charge in [-0.15, -0.1) is 0 Å². The van der Waals surface area contributed by atoms with E-state index in [4.69, 9.17) is 4.74 Å². The molecule has 7 rings (SSSR count). The van der Waals surface area contributed by atoms with Gasteiger partial charge in [0.15, 0.2) is 0 Å². The number of hydrogen-bond acceptors (Lipinski definition) is 6. The number of ether oxygens (including phenoxy) is 1. The molecule has 204 valence electrons. The van der Waals surface area contributed by atoms with Crippen LogP contribution in [0.2, 0.25) is 0 Å². The third-order valence-corrected chi connectivity index (χ3v) is 11.0. The summed E-state index contributed by atoms with van der Waals surface area (Å²) in [7, 11) is -2.60. The quantitative estimate of drug-likeness (QED) is 0.363. The zero-order valence-electron chi connectivity index (χ0n) is 22.5. The fourth-order valence-electron chi connectivity index (χ4n) is 7.00. The maximum absolute atomic E-state index is 14.1. The first-order chi connectivity index (χ1) is 18.3. The second-order valence-corrected chi connectivity index (χ2v) is 13.2. The normalized spacial score (nSPS) is 27.9. The number of carbonyl (C=O) groups excluding carboxylic acids is 1. The lowest BCUT2D eigenvalue weighted by molar-refractivity contribution is -0.167. The largest absolute Gasteiger partial charge is 0.469 e. The number of methoxy groups -OCH3 is 1. The highest BCUT2D eigenvalue weighted by atomic mass is 32.2. The Hall–Kier alpha value is -3.70. The highest BCUT2D eigenvalue weighted by Crippen LogP contribution is 2.62. The summed E-state index contributed by atoms with van der Waals surface area (Å²) in [6, 6.07) is 15.3. The third kappa shape index (κ3) is 3.00. The summed E-state index contributed by atoms with van der Waals surface area (Å²) in [5.41, 5.74) is -2.17. The second-order valence-electron chi connectivity index (χ2n) is 11.2. The van der Waals surface area contributed by atoms with E-state index in [0.29, 0.717) is 11.3 Å². The molecule has 11 heteroatoms. The number of carbonyl (C=O) groups is 1. The number of aromatic nitrogens is 3. The number of nitrogens with zero attached hydrogens (tertiary/aromatic N) is 4. The number of sulfonamides is 1. The minimum atomic E-state index is -3.90. The van der Waals surface area contributed by atoms with Crippen molar-refractivity contribution in [2.24, 2.45) is 5.41 Å². The molecule has 0 fully saturated rings. The van der Waals surface area contributed by atoms with Crippen LogP contribution in [0.15, 0.2) is 80.2 Å². The van der Waals surface area contributed by atoms with Crippen LogP contribution < -0.4 is 11.4 Å².